The van der Waals surface area contributed by atoms with Crippen LogP contribution in [0.1, 0.15) is 50.5 Å². The van der Waals surface area contributed by atoms with Crippen LogP contribution >= 0.6 is 0 Å². The smallest absolute Gasteiger partial charge is 0.304 e. The Kier molecular flexibility index (Phi) is 2.85. The first-order valence-corrected chi connectivity index (χ1v) is 7.09. The van der Waals surface area contributed by atoms with Gasteiger partial charge in [0, 0.05) is 11.5 Å². The lowest BCUT2D eigenvalue weighted by Crippen LogP contribution is -2.21. The van der Waals surface area contributed by atoms with Crippen molar-refractivity contribution >= 4 is 17.0 Å². The average molecular weight is 272 g/mol. The first kappa shape index (κ1) is 13.2. The van der Waals surface area contributed by atoms with Gasteiger partial charge in [0.25, 0.3) is 0 Å². The molecule has 1 aliphatic rings. The van der Waals surface area contributed by atoms with Gasteiger partial charge in [-0.05, 0) is 37.5 Å². The number of rotatable bonds is 4. The summed E-state index contributed by atoms with van der Waals surface area (Å²) in [6, 6.07) is 6.79. The highest BCUT2D eigenvalue weighted by Gasteiger charge is 2.28. The zero-order valence-electron chi connectivity index (χ0n) is 12.2. The van der Waals surface area contributed by atoms with E-state index in [9.17, 15) is 4.79 Å². The monoisotopic (exact) mass is 272 g/mol. The minimum atomic E-state index is -0.769. The van der Waals surface area contributed by atoms with Crippen molar-refractivity contribution < 1.29 is 9.90 Å². The third kappa shape index (κ3) is 2.19. The maximum absolute atomic E-state index is 11.0. The van der Waals surface area contributed by atoms with Gasteiger partial charge < -0.3 is 9.67 Å². The number of carboxylic acid groups (broad SMARTS) is 1. The van der Waals surface area contributed by atoms with Gasteiger partial charge in [-0.25, -0.2) is 4.98 Å². The molecule has 0 amide bonds. The molecular formula is C16H20N2O2. The highest BCUT2D eigenvalue weighted by atomic mass is 16.4. The summed E-state index contributed by atoms with van der Waals surface area (Å²) in [7, 11) is 0. The average Bonchev–Trinajstić information content (AvgIpc) is 3.09. The quantitative estimate of drug-likeness (QED) is 0.927. The van der Waals surface area contributed by atoms with Crippen LogP contribution < -0.4 is 0 Å². The fourth-order valence-corrected chi connectivity index (χ4v) is 2.91. The summed E-state index contributed by atoms with van der Waals surface area (Å²) in [5.74, 6) is 0.283. The number of imidazole rings is 1. The molecular weight excluding hydrogens is 252 g/mol. The second kappa shape index (κ2) is 4.33. The van der Waals surface area contributed by atoms with Crippen molar-refractivity contribution in [2.24, 2.45) is 0 Å². The molecule has 20 heavy (non-hydrogen) atoms. The van der Waals surface area contributed by atoms with E-state index in [4.69, 9.17) is 5.11 Å². The number of nitrogens with zero attached hydrogens (tertiary/aromatic N) is 2. The van der Waals surface area contributed by atoms with Crippen molar-refractivity contribution in [2.75, 3.05) is 0 Å². The fraction of sp³-hybridized carbons (Fsp3) is 0.500. The van der Waals surface area contributed by atoms with Gasteiger partial charge in [0.05, 0.1) is 17.5 Å². The Bertz CT molecular complexity index is 681. The van der Waals surface area contributed by atoms with Gasteiger partial charge in [0.1, 0.15) is 5.82 Å². The van der Waals surface area contributed by atoms with Crippen LogP contribution in [0.4, 0.5) is 0 Å². The molecule has 1 saturated carbocycles. The van der Waals surface area contributed by atoms with Gasteiger partial charge in [-0.2, -0.15) is 0 Å². The maximum atomic E-state index is 11.0. The number of carboxylic acids is 1. The fourth-order valence-electron chi connectivity index (χ4n) is 2.91. The van der Waals surface area contributed by atoms with Crippen LogP contribution in [0.5, 0.6) is 0 Å². The molecule has 2 aromatic rings. The van der Waals surface area contributed by atoms with E-state index < -0.39 is 5.97 Å². The highest BCUT2D eigenvalue weighted by Crippen LogP contribution is 2.39. The second-order valence-corrected chi connectivity index (χ2v) is 6.42. The molecule has 1 heterocycles. The van der Waals surface area contributed by atoms with E-state index in [2.05, 4.69) is 15.6 Å². The Morgan fingerprint density at radius 2 is 2.15 bits per heavy atom. The van der Waals surface area contributed by atoms with Gasteiger partial charge in [0.15, 0.2) is 0 Å². The molecule has 0 atom stereocenters. The molecule has 1 aromatic carbocycles. The van der Waals surface area contributed by atoms with Crippen LogP contribution in [-0.4, -0.2) is 20.6 Å². The van der Waals surface area contributed by atoms with Gasteiger partial charge in [0.2, 0.25) is 0 Å². The van der Waals surface area contributed by atoms with Crippen LogP contribution in [0.3, 0.4) is 0 Å². The van der Waals surface area contributed by atoms with E-state index in [1.165, 1.54) is 18.4 Å². The lowest BCUT2D eigenvalue weighted by Gasteiger charge is -2.23. The maximum Gasteiger partial charge on any atom is 0.304 e. The number of hydrogen-bond acceptors (Lipinski definition) is 2. The number of aromatic nitrogens is 2. The minimum Gasteiger partial charge on any atom is -0.481 e. The molecule has 1 N–H and O–H groups in total. The minimum absolute atomic E-state index is 0.126. The Balaban J connectivity index is 2.05. The summed E-state index contributed by atoms with van der Waals surface area (Å²) >= 11 is 0. The number of aliphatic carboxylic acids is 1. The molecule has 0 unspecified atom stereocenters. The Morgan fingerprint density at radius 3 is 2.75 bits per heavy atom. The lowest BCUT2D eigenvalue weighted by molar-refractivity contribution is -0.138. The van der Waals surface area contributed by atoms with Gasteiger partial charge in [-0.1, -0.05) is 19.9 Å². The molecule has 4 heteroatoms. The summed E-state index contributed by atoms with van der Waals surface area (Å²) in [4.78, 5) is 15.6. The predicted octanol–water partition coefficient (Wildman–Crippen LogP) is 3.43. The third-order valence-electron chi connectivity index (χ3n) is 4.15. The Labute approximate surface area is 118 Å². The SMILES string of the molecule is Cc1nc2cc(C(C)(C)CC(=O)O)ccc2n1C1CC1. The van der Waals surface area contributed by atoms with Crippen molar-refractivity contribution in [1.82, 2.24) is 9.55 Å². The zero-order valence-corrected chi connectivity index (χ0v) is 12.2. The lowest BCUT2D eigenvalue weighted by atomic mass is 9.81. The molecule has 0 bridgehead atoms. The van der Waals surface area contributed by atoms with Crippen LogP contribution in [0.25, 0.3) is 11.0 Å². The topological polar surface area (TPSA) is 55.1 Å². The number of aryl methyl sites for hydroxylation is 1. The summed E-state index contributed by atoms with van der Waals surface area (Å²) in [6.45, 7) is 5.97. The van der Waals surface area contributed by atoms with E-state index in [0.717, 1.165) is 16.9 Å². The van der Waals surface area contributed by atoms with Gasteiger partial charge in [-0.15, -0.1) is 0 Å². The number of carbonyl (C=O) groups is 1. The summed E-state index contributed by atoms with van der Waals surface area (Å²) in [6.07, 6.45) is 2.60. The molecule has 0 saturated heterocycles. The largest absolute Gasteiger partial charge is 0.481 e. The molecule has 0 radical (unpaired) electrons. The van der Waals surface area contributed by atoms with E-state index in [1.807, 2.05) is 32.9 Å². The van der Waals surface area contributed by atoms with E-state index in [-0.39, 0.29) is 11.8 Å². The highest BCUT2D eigenvalue weighted by molar-refractivity contribution is 5.78. The zero-order chi connectivity index (χ0) is 14.5. The van der Waals surface area contributed by atoms with Crippen molar-refractivity contribution in [3.05, 3.63) is 29.6 Å². The molecule has 4 nitrogen and oxygen atoms in total. The van der Waals surface area contributed by atoms with E-state index in [0.29, 0.717) is 6.04 Å². The first-order chi connectivity index (χ1) is 9.38. The van der Waals surface area contributed by atoms with Crippen molar-refractivity contribution in [1.29, 1.82) is 0 Å². The molecule has 3 rings (SSSR count). The van der Waals surface area contributed by atoms with Gasteiger partial charge in [-0.3, -0.25) is 4.79 Å². The molecule has 1 aliphatic carbocycles. The Hall–Kier alpha value is -1.84. The normalized spacial score (nSPS) is 15.8. The van der Waals surface area contributed by atoms with Crippen LogP contribution in [-0.2, 0) is 10.2 Å². The van der Waals surface area contributed by atoms with Crippen LogP contribution in [0.15, 0.2) is 18.2 Å². The van der Waals surface area contributed by atoms with Crippen molar-refractivity contribution in [3.63, 3.8) is 0 Å². The number of benzene rings is 1. The molecule has 1 aromatic heterocycles. The van der Waals surface area contributed by atoms with Crippen LogP contribution in [0.2, 0.25) is 0 Å². The second-order valence-electron chi connectivity index (χ2n) is 6.42. The molecule has 106 valence electrons. The molecule has 0 aliphatic heterocycles. The predicted molar refractivity (Wildman–Crippen MR) is 78.0 cm³/mol. The van der Waals surface area contributed by atoms with Gasteiger partial charge >= 0.3 is 5.97 Å². The van der Waals surface area contributed by atoms with E-state index >= 15 is 0 Å². The van der Waals surface area contributed by atoms with Crippen LogP contribution in [0, 0.1) is 6.92 Å². The summed E-state index contributed by atoms with van der Waals surface area (Å²) in [5, 5.41) is 9.03. The summed E-state index contributed by atoms with van der Waals surface area (Å²) < 4.78 is 2.31. The first-order valence-electron chi connectivity index (χ1n) is 7.09. The number of hydrogen-bond donors (Lipinski definition) is 1. The molecule has 0 spiro atoms. The molecule has 1 fully saturated rings. The van der Waals surface area contributed by atoms with E-state index in [1.54, 1.807) is 0 Å². The standard InChI is InChI=1S/C16H20N2O2/c1-10-17-13-8-11(16(2,3)9-15(19)20)4-7-14(13)18(10)12-5-6-12/h4,7-8,12H,5-6,9H2,1-3H3,(H,19,20). The number of fused-ring (bicyclic) bond motifs is 1. The third-order valence-corrected chi connectivity index (χ3v) is 4.15. The summed E-state index contributed by atoms with van der Waals surface area (Å²) in [5.41, 5.74) is 2.80. The Morgan fingerprint density at radius 1 is 1.45 bits per heavy atom. The van der Waals surface area contributed by atoms with Crippen molar-refractivity contribution in [3.8, 4) is 0 Å². The van der Waals surface area contributed by atoms with Crippen molar-refractivity contribution in [2.45, 2.75) is 51.5 Å².